The second-order valence-corrected chi connectivity index (χ2v) is 7.13. The van der Waals surface area contributed by atoms with E-state index in [1.807, 2.05) is 37.3 Å². The lowest BCUT2D eigenvalue weighted by Crippen LogP contribution is -2.28. The van der Waals surface area contributed by atoms with Crippen molar-refractivity contribution < 1.29 is 9.90 Å². The van der Waals surface area contributed by atoms with Crippen molar-refractivity contribution in [1.82, 2.24) is 15.3 Å². The van der Waals surface area contributed by atoms with Gasteiger partial charge in [0, 0.05) is 16.9 Å². The molecule has 3 rings (SSSR count). The number of H-pyrrole nitrogens is 1. The maximum atomic E-state index is 12.5. The third kappa shape index (κ3) is 4.10. The summed E-state index contributed by atoms with van der Waals surface area (Å²) in [5, 5.41) is 13.6. The van der Waals surface area contributed by atoms with Crippen LogP contribution >= 0.6 is 22.9 Å². The molecule has 1 aromatic carbocycles. The molecule has 0 spiro atoms. The van der Waals surface area contributed by atoms with E-state index in [9.17, 15) is 4.79 Å². The summed E-state index contributed by atoms with van der Waals surface area (Å²) >= 11 is 7.31. The van der Waals surface area contributed by atoms with Gasteiger partial charge in [0.05, 0.1) is 17.5 Å². The first kappa shape index (κ1) is 17.7. The van der Waals surface area contributed by atoms with Crippen molar-refractivity contribution in [3.05, 3.63) is 63.2 Å². The van der Waals surface area contributed by atoms with Crippen LogP contribution in [-0.4, -0.2) is 21.0 Å². The van der Waals surface area contributed by atoms with Crippen molar-refractivity contribution in [2.45, 2.75) is 26.0 Å². The zero-order valence-corrected chi connectivity index (χ0v) is 15.2. The fourth-order valence-electron chi connectivity index (χ4n) is 2.46. The van der Waals surface area contributed by atoms with Crippen LogP contribution in [0.3, 0.4) is 0 Å². The Balaban J connectivity index is 1.73. The van der Waals surface area contributed by atoms with Crippen molar-refractivity contribution in [3.8, 4) is 11.3 Å². The van der Waals surface area contributed by atoms with Crippen LogP contribution in [0.25, 0.3) is 11.3 Å². The molecular formula is C18H18ClN3O2S. The second-order valence-electron chi connectivity index (χ2n) is 5.55. The highest BCUT2D eigenvalue weighted by atomic mass is 35.5. The molecule has 0 aliphatic heterocycles. The maximum absolute atomic E-state index is 12.5. The summed E-state index contributed by atoms with van der Waals surface area (Å²) in [5.74, 6) is -0.187. The Bertz CT molecular complexity index is 857. The molecular weight excluding hydrogens is 358 g/mol. The SMILES string of the molecule is CCC(NC(=O)c1ccc(-c2ccc(Cl)cc2)[nH]1)c1ncc(CO)s1. The van der Waals surface area contributed by atoms with Gasteiger partial charge >= 0.3 is 0 Å². The van der Waals surface area contributed by atoms with Crippen molar-refractivity contribution in [3.63, 3.8) is 0 Å². The summed E-state index contributed by atoms with van der Waals surface area (Å²) in [7, 11) is 0. The van der Waals surface area contributed by atoms with Gasteiger partial charge in [-0.1, -0.05) is 30.7 Å². The first-order valence-corrected chi connectivity index (χ1v) is 9.11. The molecule has 1 unspecified atom stereocenters. The van der Waals surface area contributed by atoms with E-state index in [0.29, 0.717) is 10.7 Å². The minimum absolute atomic E-state index is 0.0386. The van der Waals surface area contributed by atoms with E-state index in [4.69, 9.17) is 16.7 Å². The van der Waals surface area contributed by atoms with Crippen molar-refractivity contribution in [2.75, 3.05) is 0 Å². The Labute approximate surface area is 154 Å². The van der Waals surface area contributed by atoms with Crippen LogP contribution in [0.5, 0.6) is 0 Å². The summed E-state index contributed by atoms with van der Waals surface area (Å²) in [6.07, 6.45) is 2.36. The van der Waals surface area contributed by atoms with E-state index in [1.165, 1.54) is 11.3 Å². The van der Waals surface area contributed by atoms with Crippen LogP contribution in [0.1, 0.15) is 39.8 Å². The van der Waals surface area contributed by atoms with E-state index in [0.717, 1.165) is 27.6 Å². The number of amides is 1. The number of carbonyl (C=O) groups is 1. The number of aromatic amines is 1. The molecule has 0 radical (unpaired) electrons. The molecule has 1 amide bonds. The summed E-state index contributed by atoms with van der Waals surface area (Å²) in [6.45, 7) is 1.95. The third-order valence-corrected chi connectivity index (χ3v) is 5.17. The van der Waals surface area contributed by atoms with Gasteiger partial charge in [0.2, 0.25) is 0 Å². The number of carbonyl (C=O) groups excluding carboxylic acids is 1. The van der Waals surface area contributed by atoms with Crippen molar-refractivity contribution in [2.24, 2.45) is 0 Å². The van der Waals surface area contributed by atoms with E-state index < -0.39 is 0 Å². The molecule has 130 valence electrons. The van der Waals surface area contributed by atoms with Crippen LogP contribution in [-0.2, 0) is 6.61 Å². The minimum Gasteiger partial charge on any atom is -0.391 e. The van der Waals surface area contributed by atoms with Gasteiger partial charge in [0.1, 0.15) is 10.7 Å². The highest BCUT2D eigenvalue weighted by Gasteiger charge is 2.18. The van der Waals surface area contributed by atoms with Gasteiger partial charge in [-0.3, -0.25) is 4.79 Å². The number of aliphatic hydroxyl groups is 1. The average molecular weight is 376 g/mol. The largest absolute Gasteiger partial charge is 0.391 e. The van der Waals surface area contributed by atoms with Crippen LogP contribution < -0.4 is 5.32 Å². The van der Waals surface area contributed by atoms with Gasteiger partial charge in [0.15, 0.2) is 0 Å². The fourth-order valence-corrected chi connectivity index (χ4v) is 3.49. The molecule has 2 aromatic heterocycles. The monoisotopic (exact) mass is 375 g/mol. The number of hydrogen-bond acceptors (Lipinski definition) is 4. The molecule has 0 aliphatic rings. The molecule has 0 saturated carbocycles. The van der Waals surface area contributed by atoms with Gasteiger partial charge < -0.3 is 15.4 Å². The molecule has 25 heavy (non-hydrogen) atoms. The van der Waals surface area contributed by atoms with Gasteiger partial charge in [0.25, 0.3) is 5.91 Å². The van der Waals surface area contributed by atoms with E-state index in [1.54, 1.807) is 12.3 Å². The molecule has 0 aliphatic carbocycles. The predicted octanol–water partition coefficient (Wildman–Crippen LogP) is 4.17. The number of nitrogens with zero attached hydrogens (tertiary/aromatic N) is 1. The molecule has 3 N–H and O–H groups in total. The zero-order valence-electron chi connectivity index (χ0n) is 13.6. The molecule has 0 bridgehead atoms. The Morgan fingerprint density at radius 1 is 1.32 bits per heavy atom. The van der Waals surface area contributed by atoms with E-state index >= 15 is 0 Å². The Hall–Kier alpha value is -2.15. The first-order chi connectivity index (χ1) is 12.1. The van der Waals surface area contributed by atoms with Crippen LogP contribution in [0.2, 0.25) is 5.02 Å². The lowest BCUT2D eigenvalue weighted by Gasteiger charge is -2.13. The molecule has 3 aromatic rings. The lowest BCUT2D eigenvalue weighted by atomic mass is 10.2. The number of aromatic nitrogens is 2. The topological polar surface area (TPSA) is 78.0 Å². The normalized spacial score (nSPS) is 12.1. The Morgan fingerprint density at radius 2 is 2.08 bits per heavy atom. The minimum atomic E-state index is -0.187. The smallest absolute Gasteiger partial charge is 0.268 e. The highest BCUT2D eigenvalue weighted by molar-refractivity contribution is 7.11. The molecule has 1 atom stereocenters. The Morgan fingerprint density at radius 3 is 2.72 bits per heavy atom. The van der Waals surface area contributed by atoms with Crippen LogP contribution in [0.15, 0.2) is 42.6 Å². The van der Waals surface area contributed by atoms with Crippen LogP contribution in [0.4, 0.5) is 0 Å². The summed E-state index contributed by atoms with van der Waals surface area (Å²) in [4.78, 5) is 20.7. The molecule has 0 fully saturated rings. The van der Waals surface area contributed by atoms with Gasteiger partial charge in [-0.25, -0.2) is 4.98 Å². The number of nitrogens with one attached hydrogen (secondary N) is 2. The summed E-state index contributed by atoms with van der Waals surface area (Å²) < 4.78 is 0. The summed E-state index contributed by atoms with van der Waals surface area (Å²) in [5.41, 5.74) is 2.30. The molecule has 0 saturated heterocycles. The molecule has 2 heterocycles. The van der Waals surface area contributed by atoms with Gasteiger partial charge in [-0.15, -0.1) is 11.3 Å². The highest BCUT2D eigenvalue weighted by Crippen LogP contribution is 2.24. The van der Waals surface area contributed by atoms with Gasteiger partial charge in [-0.2, -0.15) is 0 Å². The zero-order chi connectivity index (χ0) is 17.8. The average Bonchev–Trinajstić information content (AvgIpc) is 3.29. The lowest BCUT2D eigenvalue weighted by molar-refractivity contribution is 0.0931. The number of thiazole rings is 1. The number of hydrogen-bond donors (Lipinski definition) is 3. The van der Waals surface area contributed by atoms with Crippen molar-refractivity contribution >= 4 is 28.8 Å². The standard InChI is InChI=1S/C18H18ClN3O2S/c1-2-14(18-20-9-13(10-23)25-18)22-17(24)16-8-7-15(21-16)11-3-5-12(19)6-4-11/h3-9,14,21,23H,2,10H2,1H3,(H,22,24). The van der Waals surface area contributed by atoms with Crippen LogP contribution in [0, 0.1) is 0 Å². The second kappa shape index (κ2) is 7.82. The molecule has 7 heteroatoms. The maximum Gasteiger partial charge on any atom is 0.268 e. The number of halogens is 1. The van der Waals surface area contributed by atoms with Crippen molar-refractivity contribution in [1.29, 1.82) is 0 Å². The number of rotatable bonds is 6. The Kier molecular flexibility index (Phi) is 5.53. The summed E-state index contributed by atoms with van der Waals surface area (Å²) in [6, 6.07) is 10.9. The quantitative estimate of drug-likeness (QED) is 0.605. The number of benzene rings is 1. The predicted molar refractivity (Wildman–Crippen MR) is 99.8 cm³/mol. The van der Waals surface area contributed by atoms with Gasteiger partial charge in [-0.05, 0) is 36.2 Å². The number of aliphatic hydroxyl groups excluding tert-OH is 1. The third-order valence-electron chi connectivity index (χ3n) is 3.82. The molecule has 5 nitrogen and oxygen atoms in total. The fraction of sp³-hybridized carbons (Fsp3) is 0.222. The van der Waals surface area contributed by atoms with E-state index in [-0.39, 0.29) is 18.6 Å². The first-order valence-electron chi connectivity index (χ1n) is 7.92. The van der Waals surface area contributed by atoms with E-state index in [2.05, 4.69) is 15.3 Å².